The first-order chi connectivity index (χ1) is 10.2. The van der Waals surface area contributed by atoms with Crippen LogP contribution in [0.1, 0.15) is 56.4 Å². The van der Waals surface area contributed by atoms with Gasteiger partial charge in [0.2, 0.25) is 0 Å². The molecule has 1 aromatic rings. The van der Waals surface area contributed by atoms with Crippen molar-refractivity contribution in [2.75, 3.05) is 20.2 Å². The van der Waals surface area contributed by atoms with E-state index < -0.39 is 0 Å². The first-order valence-corrected chi connectivity index (χ1v) is 8.04. The van der Waals surface area contributed by atoms with Gasteiger partial charge in [0.05, 0.1) is 13.3 Å². The van der Waals surface area contributed by atoms with Crippen LogP contribution in [0.15, 0.2) is 6.20 Å². The standard InChI is InChI=1S/C16H27N3O2/c1-4-6-16(7-9-17-10-8-16)15(20)14-13(21-3)12-18-19(14)11-5-2/h12,17H,4-11H2,1-3H3. The van der Waals surface area contributed by atoms with Gasteiger partial charge in [-0.1, -0.05) is 20.3 Å². The molecule has 0 spiro atoms. The van der Waals surface area contributed by atoms with E-state index in [1.807, 2.05) is 4.68 Å². The van der Waals surface area contributed by atoms with Crippen LogP contribution in [0.3, 0.4) is 0 Å². The summed E-state index contributed by atoms with van der Waals surface area (Å²) in [5.74, 6) is 0.830. The molecule has 0 aliphatic carbocycles. The number of ether oxygens (including phenoxy) is 1. The van der Waals surface area contributed by atoms with Crippen LogP contribution in [0.4, 0.5) is 0 Å². The topological polar surface area (TPSA) is 56.2 Å². The molecule has 2 rings (SSSR count). The summed E-state index contributed by atoms with van der Waals surface area (Å²) >= 11 is 0. The van der Waals surface area contributed by atoms with Gasteiger partial charge in [0, 0.05) is 12.0 Å². The Balaban J connectivity index is 2.38. The number of hydrogen-bond donors (Lipinski definition) is 1. The third kappa shape index (κ3) is 3.12. The Morgan fingerprint density at radius 3 is 2.67 bits per heavy atom. The molecule has 118 valence electrons. The van der Waals surface area contributed by atoms with Crippen LogP contribution in [0, 0.1) is 5.41 Å². The molecular formula is C16H27N3O2. The number of carbonyl (C=O) groups is 1. The summed E-state index contributed by atoms with van der Waals surface area (Å²) in [5.41, 5.74) is 0.411. The van der Waals surface area contributed by atoms with E-state index in [2.05, 4.69) is 24.3 Å². The van der Waals surface area contributed by atoms with Gasteiger partial charge in [0.25, 0.3) is 0 Å². The van der Waals surface area contributed by atoms with Crippen LogP contribution in [-0.2, 0) is 6.54 Å². The molecule has 0 radical (unpaired) electrons. The highest BCUT2D eigenvalue weighted by Crippen LogP contribution is 2.39. The van der Waals surface area contributed by atoms with Crippen molar-refractivity contribution in [2.24, 2.45) is 5.41 Å². The van der Waals surface area contributed by atoms with Gasteiger partial charge in [-0.2, -0.15) is 5.10 Å². The van der Waals surface area contributed by atoms with Crippen molar-refractivity contribution in [2.45, 2.75) is 52.5 Å². The van der Waals surface area contributed by atoms with Gasteiger partial charge in [0.1, 0.15) is 5.69 Å². The maximum absolute atomic E-state index is 13.3. The number of hydrogen-bond acceptors (Lipinski definition) is 4. The lowest BCUT2D eigenvalue weighted by Gasteiger charge is -2.36. The number of piperidine rings is 1. The molecule has 21 heavy (non-hydrogen) atoms. The number of nitrogens with one attached hydrogen (secondary N) is 1. The predicted octanol–water partition coefficient (Wildman–Crippen LogP) is 2.65. The molecule has 5 nitrogen and oxygen atoms in total. The van der Waals surface area contributed by atoms with Crippen molar-refractivity contribution in [1.29, 1.82) is 0 Å². The van der Waals surface area contributed by atoms with E-state index in [4.69, 9.17) is 4.74 Å². The molecule has 0 unspecified atom stereocenters. The van der Waals surface area contributed by atoms with E-state index >= 15 is 0 Å². The molecule has 0 saturated carbocycles. The van der Waals surface area contributed by atoms with Crippen molar-refractivity contribution in [3.05, 3.63) is 11.9 Å². The van der Waals surface area contributed by atoms with E-state index in [1.165, 1.54) is 0 Å². The summed E-state index contributed by atoms with van der Waals surface area (Å²) in [4.78, 5) is 13.3. The van der Waals surface area contributed by atoms with Gasteiger partial charge >= 0.3 is 0 Å². The molecule has 1 saturated heterocycles. The number of Topliss-reactive ketones (excluding diaryl/α,β-unsaturated/α-hetero) is 1. The van der Waals surface area contributed by atoms with Gasteiger partial charge in [-0.25, -0.2) is 0 Å². The van der Waals surface area contributed by atoms with Gasteiger partial charge < -0.3 is 10.1 Å². The SMILES string of the molecule is CCCn1ncc(OC)c1C(=O)C1(CCC)CCNCC1. The van der Waals surface area contributed by atoms with E-state index in [0.717, 1.165) is 51.7 Å². The minimum absolute atomic E-state index is 0.216. The van der Waals surface area contributed by atoms with Crippen LogP contribution >= 0.6 is 0 Å². The number of methoxy groups -OCH3 is 1. The van der Waals surface area contributed by atoms with Gasteiger partial charge in [-0.15, -0.1) is 0 Å². The lowest BCUT2D eigenvalue weighted by molar-refractivity contribution is 0.0688. The Morgan fingerprint density at radius 2 is 2.10 bits per heavy atom. The van der Waals surface area contributed by atoms with Gasteiger partial charge in [-0.05, 0) is 38.8 Å². The van der Waals surface area contributed by atoms with E-state index in [9.17, 15) is 4.79 Å². The van der Waals surface area contributed by atoms with Crippen LogP contribution in [0.5, 0.6) is 5.75 Å². The Labute approximate surface area is 127 Å². The van der Waals surface area contributed by atoms with Gasteiger partial charge in [-0.3, -0.25) is 9.48 Å². The second-order valence-electron chi connectivity index (χ2n) is 5.89. The minimum Gasteiger partial charge on any atom is -0.493 e. The van der Waals surface area contributed by atoms with E-state index in [1.54, 1.807) is 13.3 Å². The van der Waals surface area contributed by atoms with Crippen molar-refractivity contribution in [3.8, 4) is 5.75 Å². The first-order valence-electron chi connectivity index (χ1n) is 8.04. The fourth-order valence-electron chi connectivity index (χ4n) is 3.35. The maximum atomic E-state index is 13.3. The van der Waals surface area contributed by atoms with Crippen LogP contribution in [0.25, 0.3) is 0 Å². The number of rotatable bonds is 7. The first kappa shape index (κ1) is 16.0. The van der Waals surface area contributed by atoms with Crippen LogP contribution in [0.2, 0.25) is 0 Å². The largest absolute Gasteiger partial charge is 0.493 e. The Hall–Kier alpha value is -1.36. The molecule has 1 N–H and O–H groups in total. The van der Waals surface area contributed by atoms with E-state index in [0.29, 0.717) is 11.4 Å². The molecule has 2 heterocycles. The van der Waals surface area contributed by atoms with Crippen LogP contribution < -0.4 is 10.1 Å². The number of aromatic nitrogens is 2. The zero-order valence-corrected chi connectivity index (χ0v) is 13.4. The number of aryl methyl sites for hydroxylation is 1. The average molecular weight is 293 g/mol. The average Bonchev–Trinajstić information content (AvgIpc) is 2.91. The van der Waals surface area contributed by atoms with E-state index in [-0.39, 0.29) is 11.2 Å². The molecule has 1 aromatic heterocycles. The number of ketones is 1. The summed E-state index contributed by atoms with van der Waals surface area (Å²) in [5, 5.41) is 7.70. The smallest absolute Gasteiger partial charge is 0.190 e. The molecule has 0 aromatic carbocycles. The minimum atomic E-state index is -0.251. The zero-order valence-electron chi connectivity index (χ0n) is 13.4. The Kier molecular flexibility index (Phi) is 5.39. The molecule has 1 fully saturated rings. The lowest BCUT2D eigenvalue weighted by Crippen LogP contribution is -2.43. The maximum Gasteiger partial charge on any atom is 0.190 e. The quantitative estimate of drug-likeness (QED) is 0.785. The second-order valence-corrected chi connectivity index (χ2v) is 5.89. The summed E-state index contributed by atoms with van der Waals surface area (Å²) < 4.78 is 7.21. The molecule has 5 heteroatoms. The summed E-state index contributed by atoms with van der Waals surface area (Å²) in [6.45, 7) is 6.82. The zero-order chi connectivity index (χ0) is 15.3. The molecule has 1 aliphatic rings. The fraction of sp³-hybridized carbons (Fsp3) is 0.750. The van der Waals surface area contributed by atoms with Crippen molar-refractivity contribution in [1.82, 2.24) is 15.1 Å². The second kappa shape index (κ2) is 7.07. The summed E-state index contributed by atoms with van der Waals surface area (Å²) in [6.07, 6.45) is 6.39. The molecule has 1 aliphatic heterocycles. The lowest BCUT2D eigenvalue weighted by atomic mass is 9.71. The predicted molar refractivity (Wildman–Crippen MR) is 82.8 cm³/mol. The van der Waals surface area contributed by atoms with Crippen LogP contribution in [-0.4, -0.2) is 35.8 Å². The van der Waals surface area contributed by atoms with Crippen molar-refractivity contribution >= 4 is 5.78 Å². The highest BCUT2D eigenvalue weighted by atomic mass is 16.5. The third-order valence-corrected chi connectivity index (χ3v) is 4.45. The molecule has 0 bridgehead atoms. The van der Waals surface area contributed by atoms with Gasteiger partial charge in [0.15, 0.2) is 11.5 Å². The van der Waals surface area contributed by atoms with Crippen molar-refractivity contribution < 1.29 is 9.53 Å². The monoisotopic (exact) mass is 293 g/mol. The summed E-state index contributed by atoms with van der Waals surface area (Å²) in [7, 11) is 1.61. The Morgan fingerprint density at radius 1 is 1.38 bits per heavy atom. The highest BCUT2D eigenvalue weighted by molar-refractivity contribution is 6.01. The molecule has 0 amide bonds. The molecular weight excluding hydrogens is 266 g/mol. The van der Waals surface area contributed by atoms with Crippen molar-refractivity contribution in [3.63, 3.8) is 0 Å². The highest BCUT2D eigenvalue weighted by Gasteiger charge is 2.41. The number of nitrogens with zero attached hydrogens (tertiary/aromatic N) is 2. The summed E-state index contributed by atoms with van der Waals surface area (Å²) in [6, 6.07) is 0. The molecule has 0 atom stereocenters. The number of carbonyl (C=O) groups excluding carboxylic acids is 1. The fourth-order valence-corrected chi connectivity index (χ4v) is 3.35. The normalized spacial score (nSPS) is 17.7. The Bertz CT molecular complexity index is 470. The third-order valence-electron chi connectivity index (χ3n) is 4.45.